The zero-order chi connectivity index (χ0) is 20.7. The molecule has 1 aromatic heterocycles. The second-order valence-electron chi connectivity index (χ2n) is 6.33. The Bertz CT molecular complexity index is 907. The molecule has 0 aliphatic heterocycles. The number of ether oxygens (including phenoxy) is 2. The smallest absolute Gasteiger partial charge is 0.336 e. The summed E-state index contributed by atoms with van der Waals surface area (Å²) in [6.45, 7) is 1.83. The summed E-state index contributed by atoms with van der Waals surface area (Å²) in [4.78, 5) is 35.8. The molecule has 152 valence electrons. The molecule has 0 spiro atoms. The normalized spacial score (nSPS) is 11.9. The quantitative estimate of drug-likeness (QED) is 0.504. The fourth-order valence-electron chi connectivity index (χ4n) is 2.92. The number of fused-ring (bicyclic) bond motifs is 1. The van der Waals surface area contributed by atoms with E-state index in [0.717, 1.165) is 22.3 Å². The van der Waals surface area contributed by atoms with E-state index < -0.39 is 17.6 Å². The Balaban J connectivity index is 2.14. The lowest BCUT2D eigenvalue weighted by Crippen LogP contribution is -2.42. The summed E-state index contributed by atoms with van der Waals surface area (Å²) in [7, 11) is 2.83. The molecule has 1 amide bonds. The Morgan fingerprint density at radius 1 is 1.25 bits per heavy atom. The van der Waals surface area contributed by atoms with Gasteiger partial charge in [-0.15, -0.1) is 0 Å². The van der Waals surface area contributed by atoms with Crippen molar-refractivity contribution in [2.45, 2.75) is 32.2 Å². The Morgan fingerprint density at radius 2 is 2.00 bits per heavy atom. The van der Waals surface area contributed by atoms with E-state index in [4.69, 9.17) is 13.9 Å². The molecule has 0 radical (unpaired) electrons. The number of rotatable bonds is 9. The summed E-state index contributed by atoms with van der Waals surface area (Å²) < 4.78 is 15.4. The maximum atomic E-state index is 12.4. The predicted octanol–water partition coefficient (Wildman–Crippen LogP) is 2.45. The van der Waals surface area contributed by atoms with E-state index in [9.17, 15) is 14.4 Å². The van der Waals surface area contributed by atoms with Gasteiger partial charge in [0.15, 0.2) is 0 Å². The number of hydrogen-bond acceptors (Lipinski definition) is 7. The van der Waals surface area contributed by atoms with Crippen molar-refractivity contribution in [2.75, 3.05) is 26.2 Å². The van der Waals surface area contributed by atoms with Gasteiger partial charge < -0.3 is 19.2 Å². The molecule has 8 heteroatoms. The van der Waals surface area contributed by atoms with Crippen molar-refractivity contribution >= 4 is 34.6 Å². The molecule has 2 aromatic rings. The van der Waals surface area contributed by atoms with Crippen LogP contribution in [0.25, 0.3) is 11.0 Å². The van der Waals surface area contributed by atoms with E-state index in [-0.39, 0.29) is 12.3 Å². The minimum atomic E-state index is -0.653. The van der Waals surface area contributed by atoms with Gasteiger partial charge in [0.1, 0.15) is 17.4 Å². The van der Waals surface area contributed by atoms with Crippen molar-refractivity contribution < 1.29 is 23.5 Å². The molecule has 0 unspecified atom stereocenters. The molecule has 0 fully saturated rings. The third-order valence-electron chi connectivity index (χ3n) is 4.41. The van der Waals surface area contributed by atoms with Gasteiger partial charge in [-0.1, -0.05) is 0 Å². The van der Waals surface area contributed by atoms with Crippen molar-refractivity contribution in [2.24, 2.45) is 0 Å². The van der Waals surface area contributed by atoms with Crippen molar-refractivity contribution in [3.63, 3.8) is 0 Å². The van der Waals surface area contributed by atoms with Crippen molar-refractivity contribution in [1.82, 2.24) is 5.32 Å². The lowest BCUT2D eigenvalue weighted by molar-refractivity contribution is -0.145. The summed E-state index contributed by atoms with van der Waals surface area (Å²) in [6, 6.07) is 4.30. The lowest BCUT2D eigenvalue weighted by atomic mass is 10.0. The number of aryl methyl sites for hydroxylation is 2. The lowest BCUT2D eigenvalue weighted by Gasteiger charge is -2.16. The van der Waals surface area contributed by atoms with Gasteiger partial charge in [0.05, 0.1) is 14.2 Å². The molecule has 1 N–H and O–H groups in total. The molecule has 0 aliphatic rings. The molecule has 2 rings (SSSR count). The first-order valence-corrected chi connectivity index (χ1v) is 10.3. The fraction of sp³-hybridized carbons (Fsp3) is 0.450. The molecule has 1 atom stereocenters. The molecule has 1 aromatic carbocycles. The number of esters is 1. The SMILES string of the molecule is COC(=O)[C@H](CCSC)NC(=O)CCc1cc2c(C)cc(=O)oc2cc1OC. The van der Waals surface area contributed by atoms with Gasteiger partial charge in [-0.25, -0.2) is 9.59 Å². The van der Waals surface area contributed by atoms with Gasteiger partial charge in [-0.3, -0.25) is 4.79 Å². The zero-order valence-corrected chi connectivity index (χ0v) is 17.3. The van der Waals surface area contributed by atoms with Crippen LogP contribution in [0.15, 0.2) is 27.4 Å². The Morgan fingerprint density at radius 3 is 2.64 bits per heavy atom. The summed E-state index contributed by atoms with van der Waals surface area (Å²) in [5, 5.41) is 3.53. The average molecular weight is 407 g/mol. The van der Waals surface area contributed by atoms with Gasteiger partial charge in [-0.05, 0) is 49.0 Å². The van der Waals surface area contributed by atoms with Crippen LogP contribution in [0.5, 0.6) is 5.75 Å². The second kappa shape index (κ2) is 10.2. The molecular weight excluding hydrogens is 382 g/mol. The van der Waals surface area contributed by atoms with Crippen molar-refractivity contribution in [3.8, 4) is 5.75 Å². The van der Waals surface area contributed by atoms with Crippen LogP contribution in [0.2, 0.25) is 0 Å². The minimum Gasteiger partial charge on any atom is -0.496 e. The van der Waals surface area contributed by atoms with E-state index in [1.807, 2.05) is 19.2 Å². The van der Waals surface area contributed by atoms with Gasteiger partial charge in [0.2, 0.25) is 5.91 Å². The number of amides is 1. The maximum Gasteiger partial charge on any atom is 0.336 e. The van der Waals surface area contributed by atoms with E-state index in [2.05, 4.69) is 5.32 Å². The van der Waals surface area contributed by atoms with Crippen LogP contribution in [0.4, 0.5) is 0 Å². The number of hydrogen-bond donors (Lipinski definition) is 1. The van der Waals surface area contributed by atoms with Crippen LogP contribution in [0.1, 0.15) is 24.0 Å². The average Bonchev–Trinajstić information content (AvgIpc) is 2.68. The highest BCUT2D eigenvalue weighted by Gasteiger charge is 2.21. The predicted molar refractivity (Wildman–Crippen MR) is 109 cm³/mol. The molecule has 28 heavy (non-hydrogen) atoms. The number of methoxy groups -OCH3 is 2. The first kappa shape index (κ1) is 21.8. The number of carbonyl (C=O) groups excluding carboxylic acids is 2. The maximum absolute atomic E-state index is 12.4. The van der Waals surface area contributed by atoms with Gasteiger partial charge in [0.25, 0.3) is 0 Å². The Hall–Kier alpha value is -2.48. The number of nitrogens with one attached hydrogen (secondary N) is 1. The van der Waals surface area contributed by atoms with E-state index >= 15 is 0 Å². The highest BCUT2D eigenvalue weighted by Crippen LogP contribution is 2.28. The van der Waals surface area contributed by atoms with Crippen LogP contribution in [0, 0.1) is 6.92 Å². The number of thioether (sulfide) groups is 1. The first-order valence-electron chi connectivity index (χ1n) is 8.87. The molecule has 1 heterocycles. The molecule has 7 nitrogen and oxygen atoms in total. The van der Waals surface area contributed by atoms with E-state index in [1.54, 1.807) is 17.8 Å². The zero-order valence-electron chi connectivity index (χ0n) is 16.5. The van der Waals surface area contributed by atoms with Crippen LogP contribution < -0.4 is 15.7 Å². The number of carbonyl (C=O) groups is 2. The van der Waals surface area contributed by atoms with Gasteiger partial charge in [0, 0.05) is 23.9 Å². The fourth-order valence-corrected chi connectivity index (χ4v) is 3.39. The summed E-state index contributed by atoms with van der Waals surface area (Å²) in [5.41, 5.74) is 1.64. The largest absolute Gasteiger partial charge is 0.496 e. The van der Waals surface area contributed by atoms with Crippen LogP contribution in [0.3, 0.4) is 0 Å². The third kappa shape index (κ3) is 5.51. The summed E-state index contributed by atoms with van der Waals surface area (Å²) >= 11 is 1.60. The molecule has 0 saturated heterocycles. The highest BCUT2D eigenvalue weighted by molar-refractivity contribution is 7.98. The molecule has 0 aliphatic carbocycles. The number of benzene rings is 1. The Kier molecular flexibility index (Phi) is 7.92. The summed E-state index contributed by atoms with van der Waals surface area (Å²) in [6.07, 6.45) is 3.05. The topological polar surface area (TPSA) is 94.8 Å². The Labute approximate surface area is 167 Å². The highest BCUT2D eigenvalue weighted by atomic mass is 32.2. The molecule has 0 saturated carbocycles. The van der Waals surface area contributed by atoms with Gasteiger partial charge >= 0.3 is 11.6 Å². The third-order valence-corrected chi connectivity index (χ3v) is 5.05. The van der Waals surface area contributed by atoms with E-state index in [1.165, 1.54) is 20.3 Å². The standard InChI is InChI=1S/C20H25NO6S/c1-12-9-19(23)27-17-11-16(25-2)13(10-14(12)17)5-6-18(22)21-15(7-8-28-4)20(24)26-3/h9-11,15H,5-8H2,1-4H3,(H,21,22)/t15-/m0/s1. The molecular formula is C20H25NO6S. The van der Waals surface area contributed by atoms with Crippen molar-refractivity contribution in [3.05, 3.63) is 39.7 Å². The van der Waals surface area contributed by atoms with Crippen LogP contribution in [-0.2, 0) is 20.7 Å². The minimum absolute atomic E-state index is 0.185. The summed E-state index contributed by atoms with van der Waals surface area (Å²) in [5.74, 6) is 0.593. The van der Waals surface area contributed by atoms with Gasteiger partial charge in [-0.2, -0.15) is 11.8 Å². The second-order valence-corrected chi connectivity index (χ2v) is 7.32. The molecule has 0 bridgehead atoms. The van der Waals surface area contributed by atoms with Crippen molar-refractivity contribution in [1.29, 1.82) is 0 Å². The van der Waals surface area contributed by atoms with E-state index in [0.29, 0.717) is 24.2 Å². The monoisotopic (exact) mass is 407 g/mol. The van der Waals surface area contributed by atoms with Crippen LogP contribution >= 0.6 is 11.8 Å². The first-order chi connectivity index (χ1) is 13.4. The van der Waals surface area contributed by atoms with Crippen LogP contribution in [-0.4, -0.2) is 44.1 Å².